The molecule has 3 aliphatic rings. The summed E-state index contributed by atoms with van der Waals surface area (Å²) in [6.45, 7) is 9.57. The first-order chi connectivity index (χ1) is 37.2. The summed E-state index contributed by atoms with van der Waals surface area (Å²) < 4.78 is 0. The van der Waals surface area contributed by atoms with Crippen LogP contribution < -0.4 is 14.7 Å². The van der Waals surface area contributed by atoms with Crippen LogP contribution in [-0.4, -0.2) is 0 Å². The van der Waals surface area contributed by atoms with Crippen molar-refractivity contribution in [3.05, 3.63) is 317 Å². The normalized spacial score (nSPS) is 14.6. The van der Waals surface area contributed by atoms with Crippen LogP contribution in [-0.2, 0) is 16.2 Å². The van der Waals surface area contributed by atoms with Crippen molar-refractivity contribution in [1.82, 2.24) is 0 Å². The topological polar surface area (TPSA) is 9.72 Å². The van der Waals surface area contributed by atoms with E-state index in [2.05, 4.69) is 315 Å². The lowest BCUT2D eigenvalue weighted by atomic mass is 9.65. The van der Waals surface area contributed by atoms with Crippen molar-refractivity contribution in [3.63, 3.8) is 0 Å². The van der Waals surface area contributed by atoms with Crippen LogP contribution in [0.3, 0.4) is 0 Å². The Morgan fingerprint density at radius 2 is 0.632 bits per heavy atom. The molecule has 0 spiro atoms. The lowest BCUT2D eigenvalue weighted by molar-refractivity contribution is 0.627. The van der Waals surface area contributed by atoms with Gasteiger partial charge in [0, 0.05) is 50.6 Å². The minimum Gasteiger partial charge on any atom is -0.310 e. The van der Waals surface area contributed by atoms with Crippen LogP contribution in [0.2, 0.25) is 0 Å². The van der Waals surface area contributed by atoms with Crippen LogP contribution in [0.4, 0.5) is 51.2 Å². The van der Waals surface area contributed by atoms with Gasteiger partial charge in [0.2, 0.25) is 0 Å². The first-order valence-corrected chi connectivity index (χ1v) is 26.7. The van der Waals surface area contributed by atoms with E-state index in [1.807, 2.05) is 0 Å². The molecule has 0 fully saturated rings. The molecule has 0 bridgehead atoms. The second-order valence-electron chi connectivity index (χ2n) is 21.7. The van der Waals surface area contributed by atoms with Gasteiger partial charge in [-0.05, 0) is 164 Å². The van der Waals surface area contributed by atoms with Crippen molar-refractivity contribution < 1.29 is 0 Å². The lowest BCUT2D eigenvalue weighted by Gasteiger charge is -2.44. The third-order valence-electron chi connectivity index (χ3n) is 16.9. The zero-order chi connectivity index (χ0) is 51.2. The number of rotatable bonds is 9. The molecule has 11 aromatic rings. The minimum atomic E-state index is -0.540. The van der Waals surface area contributed by atoms with Crippen LogP contribution in [0.5, 0.6) is 0 Å². The predicted molar refractivity (Wildman–Crippen MR) is 317 cm³/mol. The summed E-state index contributed by atoms with van der Waals surface area (Å²) in [5.41, 5.74) is 24.6. The summed E-state index contributed by atoms with van der Waals surface area (Å²) in [4.78, 5) is 7.30. The highest BCUT2D eigenvalue weighted by molar-refractivity contribution is 5.92. The molecule has 0 unspecified atom stereocenters. The maximum Gasteiger partial charge on any atom is 0.0713 e. The van der Waals surface area contributed by atoms with Crippen molar-refractivity contribution >= 4 is 51.2 Å². The zero-order valence-electron chi connectivity index (χ0n) is 43.3. The van der Waals surface area contributed by atoms with Gasteiger partial charge >= 0.3 is 0 Å². The number of anilines is 9. The summed E-state index contributed by atoms with van der Waals surface area (Å²) in [6, 6.07) is 101. The molecule has 0 radical (unpaired) electrons. The Morgan fingerprint density at radius 3 is 1.17 bits per heavy atom. The highest BCUT2D eigenvalue weighted by Gasteiger charge is 2.48. The van der Waals surface area contributed by atoms with Crippen LogP contribution in [0.25, 0.3) is 22.3 Å². The second-order valence-corrected chi connectivity index (χ2v) is 21.7. The van der Waals surface area contributed by atoms with Gasteiger partial charge in [-0.1, -0.05) is 204 Å². The van der Waals surface area contributed by atoms with Gasteiger partial charge in [0.05, 0.1) is 16.8 Å². The van der Waals surface area contributed by atoms with Crippen LogP contribution in [0, 0.1) is 0 Å². The molecule has 11 aromatic carbocycles. The molecule has 14 rings (SSSR count). The van der Waals surface area contributed by atoms with Gasteiger partial charge in [-0.15, -0.1) is 0 Å². The molecule has 0 amide bonds. The van der Waals surface area contributed by atoms with Crippen LogP contribution in [0.1, 0.15) is 72.2 Å². The average molecular weight is 976 g/mol. The highest BCUT2D eigenvalue weighted by atomic mass is 15.2. The Balaban J connectivity index is 0.962. The quantitative estimate of drug-likeness (QED) is 0.143. The van der Waals surface area contributed by atoms with Crippen LogP contribution >= 0.6 is 0 Å². The Kier molecular flexibility index (Phi) is 10.4. The fourth-order valence-electron chi connectivity index (χ4n) is 13.3. The number of nitrogens with zero attached hydrogens (tertiary/aromatic N) is 3. The van der Waals surface area contributed by atoms with Crippen molar-refractivity contribution in [2.75, 3.05) is 14.7 Å². The van der Waals surface area contributed by atoms with E-state index in [0.29, 0.717) is 0 Å². The largest absolute Gasteiger partial charge is 0.310 e. The molecule has 0 atom stereocenters. The second kappa shape index (κ2) is 17.5. The van der Waals surface area contributed by atoms with Gasteiger partial charge in [-0.3, -0.25) is 0 Å². The summed E-state index contributed by atoms with van der Waals surface area (Å²) in [7, 11) is 0. The summed E-state index contributed by atoms with van der Waals surface area (Å²) in [6.07, 6.45) is 0. The molecule has 3 heteroatoms. The lowest BCUT2D eigenvalue weighted by Crippen LogP contribution is -2.33. The first-order valence-electron chi connectivity index (χ1n) is 26.7. The summed E-state index contributed by atoms with van der Waals surface area (Å²) >= 11 is 0. The smallest absolute Gasteiger partial charge is 0.0713 e. The number of para-hydroxylation sites is 3. The molecule has 3 nitrogen and oxygen atoms in total. The number of benzene rings is 11. The Hall–Kier alpha value is -9.18. The van der Waals surface area contributed by atoms with Gasteiger partial charge in [-0.2, -0.15) is 0 Å². The molecule has 1 aliphatic heterocycles. The van der Waals surface area contributed by atoms with E-state index in [9.17, 15) is 0 Å². The van der Waals surface area contributed by atoms with Gasteiger partial charge in [0.1, 0.15) is 0 Å². The first kappa shape index (κ1) is 45.4. The zero-order valence-corrected chi connectivity index (χ0v) is 43.3. The molecule has 0 saturated carbocycles. The van der Waals surface area contributed by atoms with E-state index in [4.69, 9.17) is 0 Å². The molecule has 2 aliphatic carbocycles. The molecule has 364 valence electrons. The predicted octanol–water partition coefficient (Wildman–Crippen LogP) is 19.4. The third kappa shape index (κ3) is 6.82. The molecule has 1 heterocycles. The Bertz CT molecular complexity index is 3910. The van der Waals surface area contributed by atoms with Gasteiger partial charge in [0.25, 0.3) is 0 Å². The number of hydrogen-bond acceptors (Lipinski definition) is 3. The fourth-order valence-corrected chi connectivity index (χ4v) is 13.3. The monoisotopic (exact) mass is 975 g/mol. The van der Waals surface area contributed by atoms with Gasteiger partial charge < -0.3 is 14.7 Å². The summed E-state index contributed by atoms with van der Waals surface area (Å²) in [5, 5.41) is 0. The van der Waals surface area contributed by atoms with E-state index in [1.165, 1.54) is 72.4 Å². The summed E-state index contributed by atoms with van der Waals surface area (Å²) in [5.74, 6) is 0. The van der Waals surface area contributed by atoms with E-state index in [0.717, 1.165) is 45.5 Å². The molecule has 0 aromatic heterocycles. The van der Waals surface area contributed by atoms with E-state index < -0.39 is 10.8 Å². The minimum absolute atomic E-state index is 0.124. The number of hydrogen-bond donors (Lipinski definition) is 0. The van der Waals surface area contributed by atoms with Crippen molar-refractivity contribution in [2.24, 2.45) is 0 Å². The SMILES string of the molecule is CC1(C)c2ccccc2-c2ccc(N(c3ccccc3)c3ccc(N4c5ccc(N(c6ccccc6)c6ccccc6)cc5C(C)(C)c5cc(C6(c7ccccc7)c7ccccc7-c7ccccc76)ccc54)cc3)cc21. The van der Waals surface area contributed by atoms with Crippen LogP contribution in [0.15, 0.2) is 273 Å². The maximum atomic E-state index is 2.55. The molecular formula is C73H57N3. The molecule has 76 heavy (non-hydrogen) atoms. The highest BCUT2D eigenvalue weighted by Crippen LogP contribution is 2.60. The number of fused-ring (bicyclic) bond motifs is 8. The molecular weight excluding hydrogens is 919 g/mol. The average Bonchev–Trinajstić information content (AvgIpc) is 3.91. The van der Waals surface area contributed by atoms with E-state index in [-0.39, 0.29) is 5.41 Å². The standard InChI is InChI=1S/C73H57N3/c1-71(2)63-34-20-17-31-59(63)62-44-42-57(48-66(62)71)75(54-29-15-8-16-30-54)55-38-40-56(41-39-55)76-69-45-37-51(73(50-23-9-5-10-24-50)64-35-21-18-32-60(64)61-33-19-22-36-65(61)73)47-67(69)72(3,4)68-49-58(43-46-70(68)76)74(52-25-11-6-12-26-52)53-27-13-7-14-28-53/h5-49H,1-4H3. The van der Waals surface area contributed by atoms with E-state index >= 15 is 0 Å². The maximum absolute atomic E-state index is 2.55. The van der Waals surface area contributed by atoms with E-state index in [1.54, 1.807) is 0 Å². The molecule has 0 saturated heterocycles. The van der Waals surface area contributed by atoms with Crippen molar-refractivity contribution in [2.45, 2.75) is 43.9 Å². The van der Waals surface area contributed by atoms with Gasteiger partial charge in [-0.25, -0.2) is 0 Å². The van der Waals surface area contributed by atoms with Crippen molar-refractivity contribution in [3.8, 4) is 22.3 Å². The Morgan fingerprint density at radius 1 is 0.263 bits per heavy atom. The third-order valence-corrected chi connectivity index (χ3v) is 16.9. The fraction of sp³-hybridized carbons (Fsp3) is 0.0959. The molecule has 0 N–H and O–H groups in total. The van der Waals surface area contributed by atoms with Gasteiger partial charge in [0.15, 0.2) is 0 Å². The van der Waals surface area contributed by atoms with Crippen molar-refractivity contribution in [1.29, 1.82) is 0 Å². The Labute approximate surface area is 447 Å².